The molecule has 0 rings (SSSR count). The molecule has 0 fully saturated rings. The third-order valence-electron chi connectivity index (χ3n) is 12.3. The average Bonchev–Trinajstić information content (AvgIpc) is 3.34. The highest BCUT2D eigenvalue weighted by atomic mass is 16.6. The van der Waals surface area contributed by atoms with Crippen LogP contribution in [-0.4, -0.2) is 37.2 Å². The molecule has 0 saturated carbocycles. The van der Waals surface area contributed by atoms with Crippen molar-refractivity contribution in [1.29, 1.82) is 0 Å². The molecule has 0 aliphatic heterocycles. The molecule has 0 aromatic carbocycles. The summed E-state index contributed by atoms with van der Waals surface area (Å²) in [7, 11) is 0. The largest absolute Gasteiger partial charge is 0.462 e. The van der Waals surface area contributed by atoms with Gasteiger partial charge in [-0.15, -0.1) is 0 Å². The average molecular weight is 948 g/mol. The highest BCUT2D eigenvalue weighted by Crippen LogP contribution is 2.16. The highest BCUT2D eigenvalue weighted by Gasteiger charge is 2.19. The molecule has 6 heteroatoms. The van der Waals surface area contributed by atoms with Gasteiger partial charge in [0.2, 0.25) is 0 Å². The number of unbranched alkanes of at least 4 members (excludes halogenated alkanes) is 31. The van der Waals surface area contributed by atoms with Crippen molar-refractivity contribution in [2.45, 2.75) is 277 Å². The molecule has 0 N–H and O–H groups in total. The van der Waals surface area contributed by atoms with Crippen LogP contribution in [0.3, 0.4) is 0 Å². The maximum Gasteiger partial charge on any atom is 0.306 e. The van der Waals surface area contributed by atoms with E-state index in [9.17, 15) is 14.4 Å². The summed E-state index contributed by atoms with van der Waals surface area (Å²) in [5.41, 5.74) is 0. The summed E-state index contributed by atoms with van der Waals surface area (Å²) in [6.07, 6.45) is 72.8. The molecule has 0 aliphatic carbocycles. The first kappa shape index (κ1) is 64.6. The van der Waals surface area contributed by atoms with Crippen LogP contribution in [0.2, 0.25) is 0 Å². The van der Waals surface area contributed by atoms with E-state index in [0.29, 0.717) is 19.3 Å². The summed E-state index contributed by atoms with van der Waals surface area (Å²) < 4.78 is 16.9. The Kier molecular flexibility index (Phi) is 53.4. The summed E-state index contributed by atoms with van der Waals surface area (Å²) in [4.78, 5) is 38.2. The van der Waals surface area contributed by atoms with Crippen LogP contribution in [0, 0.1) is 0 Å². The molecule has 0 spiro atoms. The summed E-state index contributed by atoms with van der Waals surface area (Å²) in [6.45, 7) is 6.46. The van der Waals surface area contributed by atoms with Gasteiger partial charge in [-0.05, 0) is 64.2 Å². The van der Waals surface area contributed by atoms with E-state index < -0.39 is 6.10 Å². The molecule has 0 heterocycles. The van der Waals surface area contributed by atoms with E-state index in [0.717, 1.165) is 96.3 Å². The van der Waals surface area contributed by atoms with E-state index >= 15 is 0 Å². The molecule has 1 atom stereocenters. The lowest BCUT2D eigenvalue weighted by Crippen LogP contribution is -2.30. The number of hydrogen-bond acceptors (Lipinski definition) is 6. The summed E-state index contributed by atoms with van der Waals surface area (Å²) in [5.74, 6) is -0.915. The van der Waals surface area contributed by atoms with Crippen molar-refractivity contribution >= 4 is 17.9 Å². The van der Waals surface area contributed by atoms with E-state index in [1.54, 1.807) is 0 Å². The van der Waals surface area contributed by atoms with Gasteiger partial charge in [-0.3, -0.25) is 14.4 Å². The van der Waals surface area contributed by atoms with E-state index in [4.69, 9.17) is 14.2 Å². The van der Waals surface area contributed by atoms with Crippen LogP contribution in [0.15, 0.2) is 85.1 Å². The van der Waals surface area contributed by atoms with Crippen molar-refractivity contribution in [2.24, 2.45) is 0 Å². The summed E-state index contributed by atoms with van der Waals surface area (Å²) in [6, 6.07) is 0. The van der Waals surface area contributed by atoms with Crippen LogP contribution in [0.1, 0.15) is 271 Å². The standard InChI is InChI=1S/C62H106O6/c1-4-7-10-13-16-19-22-25-28-30-32-34-37-40-43-46-49-52-55-61(64)67-58-59(57-66-60(63)54-51-48-45-42-39-36-33-27-24-21-18-15-12-9-6-3)68-62(65)56-53-50-47-44-41-38-35-31-29-26-23-20-17-14-11-8-5-2/h9,12,15-16,18-19,21-22,24-25,28,30,32,34,59H,4-8,10-11,13-14,17,20,23,26-27,29,31,33,35-58H2,1-3H3/b12-9-,18-15-,19-16-,24-21-,25-22-,30-28-,34-32-. The van der Waals surface area contributed by atoms with Gasteiger partial charge >= 0.3 is 17.9 Å². The minimum atomic E-state index is -0.791. The predicted octanol–water partition coefficient (Wildman–Crippen LogP) is 19.2. The number of carbonyl (C=O) groups is 3. The minimum Gasteiger partial charge on any atom is -0.462 e. The number of hydrogen-bond donors (Lipinski definition) is 0. The first-order valence-corrected chi connectivity index (χ1v) is 28.7. The monoisotopic (exact) mass is 947 g/mol. The van der Waals surface area contributed by atoms with Crippen molar-refractivity contribution in [3.63, 3.8) is 0 Å². The molecule has 0 amide bonds. The Hall–Kier alpha value is -3.41. The smallest absolute Gasteiger partial charge is 0.306 e. The maximum absolute atomic E-state index is 12.9. The van der Waals surface area contributed by atoms with Gasteiger partial charge in [0, 0.05) is 19.3 Å². The highest BCUT2D eigenvalue weighted by molar-refractivity contribution is 5.71. The van der Waals surface area contributed by atoms with Gasteiger partial charge < -0.3 is 14.2 Å². The van der Waals surface area contributed by atoms with E-state index in [1.165, 1.54) is 135 Å². The normalized spacial score (nSPS) is 12.7. The Morgan fingerprint density at radius 2 is 0.574 bits per heavy atom. The number of ether oxygens (including phenoxy) is 3. The molecule has 68 heavy (non-hydrogen) atoms. The van der Waals surface area contributed by atoms with Gasteiger partial charge in [-0.25, -0.2) is 0 Å². The zero-order valence-electron chi connectivity index (χ0n) is 44.6. The molecule has 0 bridgehead atoms. The van der Waals surface area contributed by atoms with E-state index in [-0.39, 0.29) is 31.1 Å². The molecule has 0 radical (unpaired) electrons. The molecule has 1 unspecified atom stereocenters. The van der Waals surface area contributed by atoms with Gasteiger partial charge in [0.1, 0.15) is 13.2 Å². The van der Waals surface area contributed by atoms with Crippen molar-refractivity contribution in [2.75, 3.05) is 13.2 Å². The quantitative estimate of drug-likeness (QED) is 0.0262. The molecule has 0 aromatic heterocycles. The fourth-order valence-corrected chi connectivity index (χ4v) is 7.98. The van der Waals surface area contributed by atoms with Gasteiger partial charge in [0.15, 0.2) is 6.10 Å². The lowest BCUT2D eigenvalue weighted by Gasteiger charge is -2.18. The summed E-state index contributed by atoms with van der Waals surface area (Å²) >= 11 is 0. The topological polar surface area (TPSA) is 78.9 Å². The zero-order valence-corrected chi connectivity index (χ0v) is 44.6. The van der Waals surface area contributed by atoms with Crippen LogP contribution in [0.25, 0.3) is 0 Å². The van der Waals surface area contributed by atoms with Crippen molar-refractivity contribution in [1.82, 2.24) is 0 Å². The van der Waals surface area contributed by atoms with E-state index in [1.807, 2.05) is 0 Å². The fraction of sp³-hybridized carbons (Fsp3) is 0.726. The Balaban J connectivity index is 4.44. The van der Waals surface area contributed by atoms with Gasteiger partial charge in [-0.1, -0.05) is 273 Å². The molecule has 0 saturated heterocycles. The molecule has 390 valence electrons. The van der Waals surface area contributed by atoms with Crippen LogP contribution < -0.4 is 0 Å². The van der Waals surface area contributed by atoms with Gasteiger partial charge in [-0.2, -0.15) is 0 Å². The van der Waals surface area contributed by atoms with Crippen LogP contribution in [0.4, 0.5) is 0 Å². The van der Waals surface area contributed by atoms with Crippen LogP contribution in [-0.2, 0) is 28.6 Å². The number of esters is 3. The van der Waals surface area contributed by atoms with E-state index in [2.05, 4.69) is 106 Å². The second kappa shape index (κ2) is 56.2. The second-order valence-corrected chi connectivity index (χ2v) is 19.0. The van der Waals surface area contributed by atoms with Crippen molar-refractivity contribution in [3.05, 3.63) is 85.1 Å². The molecular weight excluding hydrogens is 841 g/mol. The lowest BCUT2D eigenvalue weighted by molar-refractivity contribution is -0.167. The molecular formula is C62H106O6. The summed E-state index contributed by atoms with van der Waals surface area (Å²) in [5, 5.41) is 0. The SMILES string of the molecule is CC\C=C/C=C\C=C/CCCCCCCCCC(=O)OCC(COC(=O)CCCCCCC\C=C/C=C\C=C/C=C\CCCCC)OC(=O)CCCCCCCCCCCCCCCCCCC. The van der Waals surface area contributed by atoms with Gasteiger partial charge in [0.05, 0.1) is 0 Å². The predicted molar refractivity (Wildman–Crippen MR) is 293 cm³/mol. The third kappa shape index (κ3) is 53.5. The Labute approximate surface area is 420 Å². The first-order valence-electron chi connectivity index (χ1n) is 28.7. The number of carbonyl (C=O) groups excluding carboxylic acids is 3. The number of rotatable bonds is 51. The third-order valence-corrected chi connectivity index (χ3v) is 12.3. The fourth-order valence-electron chi connectivity index (χ4n) is 7.98. The molecule has 6 nitrogen and oxygen atoms in total. The Bertz CT molecular complexity index is 1320. The maximum atomic E-state index is 12.9. The lowest BCUT2D eigenvalue weighted by atomic mass is 10.0. The van der Waals surface area contributed by atoms with Crippen LogP contribution in [0.5, 0.6) is 0 Å². The van der Waals surface area contributed by atoms with Crippen molar-refractivity contribution in [3.8, 4) is 0 Å². The molecule has 0 aliphatic rings. The number of allylic oxidation sites excluding steroid dienone is 14. The van der Waals surface area contributed by atoms with Crippen LogP contribution >= 0.6 is 0 Å². The minimum absolute atomic E-state index is 0.0892. The Morgan fingerprint density at radius 3 is 0.926 bits per heavy atom. The first-order chi connectivity index (χ1) is 33.5. The zero-order chi connectivity index (χ0) is 49.3. The Morgan fingerprint density at radius 1 is 0.309 bits per heavy atom. The second-order valence-electron chi connectivity index (χ2n) is 19.0. The molecule has 0 aromatic rings. The van der Waals surface area contributed by atoms with Gasteiger partial charge in [0.25, 0.3) is 0 Å². The van der Waals surface area contributed by atoms with Crippen molar-refractivity contribution < 1.29 is 28.6 Å².